The highest BCUT2D eigenvalue weighted by Crippen LogP contribution is 2.19. The molecule has 0 aromatic heterocycles. The summed E-state index contributed by atoms with van der Waals surface area (Å²) in [5.41, 5.74) is 0. The van der Waals surface area contributed by atoms with Crippen molar-refractivity contribution in [2.75, 3.05) is 5.88 Å². The Labute approximate surface area is 81.1 Å². The van der Waals surface area contributed by atoms with Crippen LogP contribution >= 0.6 is 46.4 Å². The zero-order chi connectivity index (χ0) is 8.15. The monoisotopic (exact) mass is 220 g/mol. The third-order valence-corrected chi connectivity index (χ3v) is 3.22. The Kier molecular flexibility index (Phi) is 6.04. The fraction of sp³-hybridized carbons (Fsp3) is 0.667. The van der Waals surface area contributed by atoms with Gasteiger partial charge in [0.1, 0.15) is 0 Å². The van der Waals surface area contributed by atoms with Gasteiger partial charge in [0.05, 0.1) is 16.1 Å². The molecule has 0 heterocycles. The second-order valence-electron chi connectivity index (χ2n) is 1.79. The molecule has 0 bridgehead atoms. The zero-order valence-electron chi connectivity index (χ0n) is 5.24. The summed E-state index contributed by atoms with van der Waals surface area (Å²) in [4.78, 5) is 0. The molecule has 0 aliphatic heterocycles. The highest BCUT2D eigenvalue weighted by atomic mass is 35.5. The van der Waals surface area contributed by atoms with Gasteiger partial charge in [-0.2, -0.15) is 0 Å². The first-order valence-corrected chi connectivity index (χ1v) is 4.58. The minimum Gasteiger partial charge on any atom is -0.125 e. The smallest absolute Gasteiger partial charge is 0.0709 e. The number of halogens is 4. The van der Waals surface area contributed by atoms with Crippen LogP contribution in [0.25, 0.3) is 0 Å². The lowest BCUT2D eigenvalue weighted by Crippen LogP contribution is -2.25. The van der Waals surface area contributed by atoms with Crippen LogP contribution < -0.4 is 0 Å². The third-order valence-electron chi connectivity index (χ3n) is 1.02. The number of allylic oxidation sites excluding steroid dienone is 1. The first kappa shape index (κ1) is 10.9. The van der Waals surface area contributed by atoms with E-state index in [-0.39, 0.29) is 16.1 Å². The fourth-order valence-corrected chi connectivity index (χ4v) is 1.30. The van der Waals surface area contributed by atoms with Crippen molar-refractivity contribution in [2.24, 2.45) is 0 Å². The molecule has 0 aliphatic carbocycles. The van der Waals surface area contributed by atoms with E-state index in [4.69, 9.17) is 46.4 Å². The van der Waals surface area contributed by atoms with Crippen LogP contribution in [0.1, 0.15) is 0 Å². The largest absolute Gasteiger partial charge is 0.125 e. The van der Waals surface area contributed by atoms with Crippen LogP contribution in [0.2, 0.25) is 0 Å². The van der Waals surface area contributed by atoms with Crippen molar-refractivity contribution in [3.05, 3.63) is 12.7 Å². The van der Waals surface area contributed by atoms with Crippen LogP contribution in [0.4, 0.5) is 0 Å². The van der Waals surface area contributed by atoms with Gasteiger partial charge in [-0.05, 0) is 0 Å². The minimum absolute atomic E-state index is 0.298. The molecule has 3 atom stereocenters. The van der Waals surface area contributed by atoms with Gasteiger partial charge < -0.3 is 0 Å². The van der Waals surface area contributed by atoms with E-state index in [1.807, 2.05) is 0 Å². The predicted octanol–water partition coefficient (Wildman–Crippen LogP) is 3.23. The highest BCUT2D eigenvalue weighted by molar-refractivity contribution is 6.37. The number of hydrogen-bond donors (Lipinski definition) is 0. The second-order valence-corrected chi connectivity index (χ2v) is 3.67. The molecule has 60 valence electrons. The maximum atomic E-state index is 5.76. The molecular formula is C6H8Cl4. The molecule has 0 aromatic rings. The van der Waals surface area contributed by atoms with E-state index in [9.17, 15) is 0 Å². The fourth-order valence-electron chi connectivity index (χ4n) is 0.415. The van der Waals surface area contributed by atoms with E-state index in [1.165, 1.54) is 0 Å². The molecule has 0 spiro atoms. The molecule has 4 heteroatoms. The molecule has 0 fully saturated rings. The van der Waals surface area contributed by atoms with Crippen LogP contribution in [-0.2, 0) is 0 Å². The van der Waals surface area contributed by atoms with Gasteiger partial charge in [0.25, 0.3) is 0 Å². The van der Waals surface area contributed by atoms with Crippen LogP contribution in [-0.4, -0.2) is 22.0 Å². The van der Waals surface area contributed by atoms with E-state index in [0.29, 0.717) is 5.88 Å². The molecular weight excluding hydrogens is 214 g/mol. The lowest BCUT2D eigenvalue weighted by Gasteiger charge is -2.15. The van der Waals surface area contributed by atoms with Gasteiger partial charge in [-0.1, -0.05) is 6.08 Å². The van der Waals surface area contributed by atoms with Crippen molar-refractivity contribution in [2.45, 2.75) is 16.1 Å². The predicted molar refractivity (Wildman–Crippen MR) is 49.8 cm³/mol. The molecule has 0 saturated carbocycles. The first-order valence-electron chi connectivity index (χ1n) is 2.74. The zero-order valence-corrected chi connectivity index (χ0v) is 8.26. The summed E-state index contributed by atoms with van der Waals surface area (Å²) in [5.74, 6) is 0.298. The van der Waals surface area contributed by atoms with Gasteiger partial charge in [0, 0.05) is 5.88 Å². The van der Waals surface area contributed by atoms with Gasteiger partial charge >= 0.3 is 0 Å². The van der Waals surface area contributed by atoms with Crippen molar-refractivity contribution >= 4 is 46.4 Å². The molecule has 0 aliphatic rings. The number of rotatable bonds is 4. The quantitative estimate of drug-likeness (QED) is 0.505. The molecule has 0 nitrogen and oxygen atoms in total. The molecule has 10 heavy (non-hydrogen) atoms. The Balaban J connectivity index is 3.80. The topological polar surface area (TPSA) is 0 Å². The van der Waals surface area contributed by atoms with Gasteiger partial charge in [0.2, 0.25) is 0 Å². The van der Waals surface area contributed by atoms with Crippen molar-refractivity contribution < 1.29 is 0 Å². The maximum absolute atomic E-state index is 5.76. The summed E-state index contributed by atoms with van der Waals surface area (Å²) < 4.78 is 0. The van der Waals surface area contributed by atoms with E-state index in [1.54, 1.807) is 6.08 Å². The summed E-state index contributed by atoms with van der Waals surface area (Å²) >= 11 is 22.6. The van der Waals surface area contributed by atoms with Gasteiger partial charge in [-0.25, -0.2) is 0 Å². The van der Waals surface area contributed by atoms with Gasteiger partial charge in [-0.15, -0.1) is 53.0 Å². The molecule has 0 saturated heterocycles. The third kappa shape index (κ3) is 3.34. The standard InChI is InChI=1S/C6H8Cl4/c1-2-4(8)6(10)5(9)3-7/h2,4-6H,1,3H2. The molecule has 3 unspecified atom stereocenters. The Morgan fingerprint density at radius 2 is 1.80 bits per heavy atom. The average molecular weight is 222 g/mol. The number of hydrogen-bond acceptors (Lipinski definition) is 0. The first-order chi connectivity index (χ1) is 4.63. The molecule has 0 rings (SSSR count). The van der Waals surface area contributed by atoms with Crippen molar-refractivity contribution in [3.63, 3.8) is 0 Å². The lowest BCUT2D eigenvalue weighted by atomic mass is 10.2. The lowest BCUT2D eigenvalue weighted by molar-refractivity contribution is 0.846. The average Bonchev–Trinajstić information content (AvgIpc) is 2.00. The van der Waals surface area contributed by atoms with Crippen LogP contribution in [0.15, 0.2) is 12.7 Å². The van der Waals surface area contributed by atoms with Crippen LogP contribution in [0.5, 0.6) is 0 Å². The Morgan fingerprint density at radius 1 is 1.30 bits per heavy atom. The summed E-state index contributed by atoms with van der Waals surface area (Å²) in [5, 5.41) is -0.968. The summed E-state index contributed by atoms with van der Waals surface area (Å²) in [6.45, 7) is 3.48. The maximum Gasteiger partial charge on any atom is 0.0709 e. The minimum atomic E-state index is -0.349. The van der Waals surface area contributed by atoms with E-state index in [2.05, 4.69) is 6.58 Å². The summed E-state index contributed by atoms with van der Waals surface area (Å²) in [6.07, 6.45) is 1.54. The van der Waals surface area contributed by atoms with Crippen LogP contribution in [0, 0.1) is 0 Å². The molecule has 0 N–H and O–H groups in total. The summed E-state index contributed by atoms with van der Waals surface area (Å²) in [7, 11) is 0. The second kappa shape index (κ2) is 5.54. The van der Waals surface area contributed by atoms with Crippen molar-refractivity contribution in [3.8, 4) is 0 Å². The van der Waals surface area contributed by atoms with E-state index in [0.717, 1.165) is 0 Å². The Bertz CT molecular complexity index is 104. The molecule has 0 radical (unpaired) electrons. The van der Waals surface area contributed by atoms with E-state index < -0.39 is 0 Å². The molecule has 0 aromatic carbocycles. The van der Waals surface area contributed by atoms with Crippen LogP contribution in [0.3, 0.4) is 0 Å². The normalized spacial score (nSPS) is 19.6. The van der Waals surface area contributed by atoms with Gasteiger partial charge in [0.15, 0.2) is 0 Å². The Morgan fingerprint density at radius 3 is 2.10 bits per heavy atom. The van der Waals surface area contributed by atoms with Crippen molar-refractivity contribution in [1.82, 2.24) is 0 Å². The summed E-state index contributed by atoms with van der Waals surface area (Å²) in [6, 6.07) is 0. The highest BCUT2D eigenvalue weighted by Gasteiger charge is 2.21. The van der Waals surface area contributed by atoms with Crippen molar-refractivity contribution in [1.29, 1.82) is 0 Å². The Hall–Kier alpha value is 0.900. The SMILES string of the molecule is C=CC(Cl)C(Cl)C(Cl)CCl. The molecule has 0 amide bonds. The van der Waals surface area contributed by atoms with E-state index >= 15 is 0 Å². The number of alkyl halides is 4. The van der Waals surface area contributed by atoms with Gasteiger partial charge in [-0.3, -0.25) is 0 Å².